The van der Waals surface area contributed by atoms with Crippen LogP contribution in [0.15, 0.2) is 12.4 Å². The van der Waals surface area contributed by atoms with Crippen molar-refractivity contribution in [3.8, 4) is 0 Å². The third-order valence-electron chi connectivity index (χ3n) is 3.39. The van der Waals surface area contributed by atoms with Crippen LogP contribution in [0.25, 0.3) is 0 Å². The molecule has 0 spiro atoms. The second-order valence-electron chi connectivity index (χ2n) is 4.92. The molecular formula is C13H23N3O. The average molecular weight is 237 g/mol. The van der Waals surface area contributed by atoms with E-state index in [1.54, 1.807) is 0 Å². The normalized spacial score (nSPS) is 21.9. The molecule has 0 unspecified atom stereocenters. The van der Waals surface area contributed by atoms with E-state index in [1.807, 2.05) is 17.9 Å². The molecule has 1 N–H and O–H groups in total. The van der Waals surface area contributed by atoms with Crippen LogP contribution in [-0.4, -0.2) is 35.1 Å². The first kappa shape index (κ1) is 12.6. The minimum atomic E-state index is 0.424. The highest BCUT2D eigenvalue weighted by Gasteiger charge is 2.21. The van der Waals surface area contributed by atoms with Crippen molar-refractivity contribution < 1.29 is 4.74 Å². The van der Waals surface area contributed by atoms with Gasteiger partial charge in [-0.1, -0.05) is 0 Å². The Morgan fingerprint density at radius 3 is 3.18 bits per heavy atom. The van der Waals surface area contributed by atoms with Crippen LogP contribution in [-0.2, 0) is 18.2 Å². The molecule has 0 saturated carbocycles. The van der Waals surface area contributed by atoms with E-state index in [0.29, 0.717) is 12.1 Å². The van der Waals surface area contributed by atoms with Gasteiger partial charge >= 0.3 is 0 Å². The summed E-state index contributed by atoms with van der Waals surface area (Å²) in [7, 11) is 1.96. The monoisotopic (exact) mass is 237 g/mol. The van der Waals surface area contributed by atoms with Gasteiger partial charge in [0.05, 0.1) is 12.3 Å². The molecule has 1 aliphatic rings. The van der Waals surface area contributed by atoms with Gasteiger partial charge in [0, 0.05) is 25.9 Å². The van der Waals surface area contributed by atoms with Gasteiger partial charge in [-0.15, -0.1) is 0 Å². The fourth-order valence-corrected chi connectivity index (χ4v) is 2.35. The Kier molecular flexibility index (Phi) is 4.57. The Morgan fingerprint density at radius 1 is 1.65 bits per heavy atom. The largest absolute Gasteiger partial charge is 0.377 e. The summed E-state index contributed by atoms with van der Waals surface area (Å²) in [5.74, 6) is 0. The number of aromatic nitrogens is 2. The number of nitrogens with one attached hydrogen (secondary N) is 1. The number of aryl methyl sites for hydroxylation is 2. The van der Waals surface area contributed by atoms with Crippen molar-refractivity contribution in [2.45, 2.75) is 44.8 Å². The number of rotatable bonds is 6. The first-order valence-electron chi connectivity index (χ1n) is 6.58. The molecule has 0 radical (unpaired) electrons. The SMILES string of the molecule is C[C@@H](NCCCc1cnn(C)c1)[C@H]1CCCO1. The average Bonchev–Trinajstić information content (AvgIpc) is 2.95. The van der Waals surface area contributed by atoms with Crippen LogP contribution in [0.4, 0.5) is 0 Å². The molecule has 4 nitrogen and oxygen atoms in total. The molecule has 2 heterocycles. The van der Waals surface area contributed by atoms with Crippen LogP contribution >= 0.6 is 0 Å². The van der Waals surface area contributed by atoms with Crippen molar-refractivity contribution in [2.75, 3.05) is 13.2 Å². The van der Waals surface area contributed by atoms with E-state index < -0.39 is 0 Å². The molecule has 0 aromatic carbocycles. The van der Waals surface area contributed by atoms with Gasteiger partial charge in [0.15, 0.2) is 0 Å². The van der Waals surface area contributed by atoms with Crippen LogP contribution in [0.3, 0.4) is 0 Å². The van der Waals surface area contributed by atoms with Crippen molar-refractivity contribution in [3.05, 3.63) is 18.0 Å². The first-order valence-corrected chi connectivity index (χ1v) is 6.58. The summed E-state index contributed by atoms with van der Waals surface area (Å²) in [6.45, 7) is 4.21. The molecule has 1 aliphatic heterocycles. The first-order chi connectivity index (χ1) is 8.25. The van der Waals surface area contributed by atoms with Crippen LogP contribution in [0.5, 0.6) is 0 Å². The summed E-state index contributed by atoms with van der Waals surface area (Å²) in [5, 5.41) is 7.72. The van der Waals surface area contributed by atoms with E-state index in [0.717, 1.165) is 26.0 Å². The van der Waals surface area contributed by atoms with E-state index in [9.17, 15) is 0 Å². The van der Waals surface area contributed by atoms with Crippen molar-refractivity contribution in [3.63, 3.8) is 0 Å². The number of hydrogen-bond donors (Lipinski definition) is 1. The van der Waals surface area contributed by atoms with Crippen LogP contribution < -0.4 is 5.32 Å². The molecule has 1 saturated heterocycles. The van der Waals surface area contributed by atoms with Gasteiger partial charge in [-0.05, 0) is 44.7 Å². The summed E-state index contributed by atoms with van der Waals surface area (Å²) in [5.41, 5.74) is 1.32. The standard InChI is InChI=1S/C13H23N3O/c1-11(13-6-4-8-17-13)14-7-3-5-12-9-15-16(2)10-12/h9-11,13-14H,3-8H2,1-2H3/t11-,13-/m1/s1. The van der Waals surface area contributed by atoms with Crippen molar-refractivity contribution >= 4 is 0 Å². The highest BCUT2D eigenvalue weighted by atomic mass is 16.5. The smallest absolute Gasteiger partial charge is 0.0726 e. The quantitative estimate of drug-likeness (QED) is 0.762. The lowest BCUT2D eigenvalue weighted by atomic mass is 10.1. The number of nitrogens with zero attached hydrogens (tertiary/aromatic N) is 2. The van der Waals surface area contributed by atoms with Crippen molar-refractivity contribution in [1.82, 2.24) is 15.1 Å². The number of hydrogen-bond acceptors (Lipinski definition) is 3. The lowest BCUT2D eigenvalue weighted by Gasteiger charge is -2.19. The Bertz CT molecular complexity index is 331. The molecule has 1 fully saturated rings. The Labute approximate surface area is 103 Å². The summed E-state index contributed by atoms with van der Waals surface area (Å²) in [4.78, 5) is 0. The van der Waals surface area contributed by atoms with Gasteiger partial charge < -0.3 is 10.1 Å². The molecule has 1 aromatic heterocycles. The summed E-state index contributed by atoms with van der Waals surface area (Å²) in [6, 6.07) is 0.478. The minimum Gasteiger partial charge on any atom is -0.377 e. The summed E-state index contributed by atoms with van der Waals surface area (Å²) in [6.07, 6.45) is 9.13. The van der Waals surface area contributed by atoms with E-state index in [4.69, 9.17) is 4.74 Å². The third kappa shape index (κ3) is 3.82. The van der Waals surface area contributed by atoms with Gasteiger partial charge in [-0.3, -0.25) is 4.68 Å². The molecule has 0 bridgehead atoms. The maximum absolute atomic E-state index is 5.66. The summed E-state index contributed by atoms with van der Waals surface area (Å²) >= 11 is 0. The molecule has 17 heavy (non-hydrogen) atoms. The van der Waals surface area contributed by atoms with Crippen molar-refractivity contribution in [1.29, 1.82) is 0 Å². The van der Waals surface area contributed by atoms with E-state index in [2.05, 4.69) is 23.5 Å². The molecule has 96 valence electrons. The molecular weight excluding hydrogens is 214 g/mol. The molecule has 2 rings (SSSR count). The fraction of sp³-hybridized carbons (Fsp3) is 0.769. The second-order valence-corrected chi connectivity index (χ2v) is 4.92. The predicted molar refractivity (Wildman–Crippen MR) is 68.0 cm³/mol. The van der Waals surface area contributed by atoms with Crippen LogP contribution in [0.1, 0.15) is 31.7 Å². The zero-order valence-corrected chi connectivity index (χ0v) is 10.9. The van der Waals surface area contributed by atoms with Gasteiger partial charge in [-0.2, -0.15) is 5.10 Å². The maximum Gasteiger partial charge on any atom is 0.0726 e. The molecule has 2 atom stereocenters. The fourth-order valence-electron chi connectivity index (χ4n) is 2.35. The summed E-state index contributed by atoms with van der Waals surface area (Å²) < 4.78 is 7.52. The lowest BCUT2D eigenvalue weighted by molar-refractivity contribution is 0.0837. The molecule has 4 heteroatoms. The Hall–Kier alpha value is -0.870. The van der Waals surface area contributed by atoms with E-state index >= 15 is 0 Å². The van der Waals surface area contributed by atoms with Gasteiger partial charge in [0.25, 0.3) is 0 Å². The lowest BCUT2D eigenvalue weighted by Crippen LogP contribution is -2.37. The zero-order valence-electron chi connectivity index (χ0n) is 10.9. The predicted octanol–water partition coefficient (Wildman–Crippen LogP) is 1.51. The molecule has 0 amide bonds. The molecule has 1 aromatic rings. The zero-order chi connectivity index (χ0) is 12.1. The number of ether oxygens (including phenoxy) is 1. The van der Waals surface area contributed by atoms with Crippen LogP contribution in [0, 0.1) is 0 Å². The van der Waals surface area contributed by atoms with E-state index in [1.165, 1.54) is 18.4 Å². The van der Waals surface area contributed by atoms with Gasteiger partial charge in [0.1, 0.15) is 0 Å². The molecule has 0 aliphatic carbocycles. The van der Waals surface area contributed by atoms with Crippen LogP contribution in [0.2, 0.25) is 0 Å². The highest BCUT2D eigenvalue weighted by molar-refractivity contribution is 5.03. The Balaban J connectivity index is 1.59. The topological polar surface area (TPSA) is 39.1 Å². The van der Waals surface area contributed by atoms with Gasteiger partial charge in [-0.25, -0.2) is 0 Å². The maximum atomic E-state index is 5.66. The highest BCUT2D eigenvalue weighted by Crippen LogP contribution is 2.15. The minimum absolute atomic E-state index is 0.424. The van der Waals surface area contributed by atoms with Crippen molar-refractivity contribution in [2.24, 2.45) is 7.05 Å². The third-order valence-corrected chi connectivity index (χ3v) is 3.39. The van der Waals surface area contributed by atoms with Gasteiger partial charge in [0.2, 0.25) is 0 Å². The van der Waals surface area contributed by atoms with E-state index in [-0.39, 0.29) is 0 Å². The second kappa shape index (κ2) is 6.17. The Morgan fingerprint density at radius 2 is 2.53 bits per heavy atom.